The molecule has 0 atom stereocenters. The van der Waals surface area contributed by atoms with Crippen LogP contribution in [0.5, 0.6) is 0 Å². The quantitative estimate of drug-likeness (QED) is 0.896. The summed E-state index contributed by atoms with van der Waals surface area (Å²) in [7, 11) is 0. The zero-order chi connectivity index (χ0) is 14.6. The van der Waals surface area contributed by atoms with Gasteiger partial charge in [0.2, 0.25) is 0 Å². The summed E-state index contributed by atoms with van der Waals surface area (Å²) < 4.78 is 5.41. The van der Waals surface area contributed by atoms with Gasteiger partial charge in [-0.3, -0.25) is 0 Å². The molecule has 0 amide bonds. The van der Waals surface area contributed by atoms with Crippen molar-refractivity contribution in [2.75, 3.05) is 16.8 Å². The van der Waals surface area contributed by atoms with Gasteiger partial charge in [0.05, 0.1) is 12.8 Å². The number of rotatable bonds is 5. The zero-order valence-electron chi connectivity index (χ0n) is 12.7. The van der Waals surface area contributed by atoms with Gasteiger partial charge in [-0.1, -0.05) is 6.07 Å². The van der Waals surface area contributed by atoms with Gasteiger partial charge in [0, 0.05) is 12.1 Å². The fraction of sp³-hybridized carbons (Fsp3) is 0.438. The molecule has 0 spiro atoms. The van der Waals surface area contributed by atoms with E-state index in [-0.39, 0.29) is 5.54 Å². The van der Waals surface area contributed by atoms with Gasteiger partial charge in [0.25, 0.3) is 0 Å². The van der Waals surface area contributed by atoms with E-state index in [1.165, 1.54) is 0 Å². The highest BCUT2D eigenvalue weighted by Crippen LogP contribution is 2.19. The predicted octanol–water partition coefficient (Wildman–Crippen LogP) is 3.91. The Bertz CT molecular complexity index is 529. The third-order valence-corrected chi connectivity index (χ3v) is 2.87. The smallest absolute Gasteiger partial charge is 0.131 e. The average Bonchev–Trinajstić information content (AvgIpc) is 2.87. The summed E-state index contributed by atoms with van der Waals surface area (Å²) >= 11 is 0. The SMILES string of the molecule is CCN(Cc1ccco1)c1cccc(NC(C)(C)C)n1. The molecule has 2 heterocycles. The van der Waals surface area contributed by atoms with Crippen molar-refractivity contribution in [3.8, 4) is 0 Å². The minimum atomic E-state index is 0.00365. The van der Waals surface area contributed by atoms with Gasteiger partial charge in [-0.25, -0.2) is 4.98 Å². The van der Waals surface area contributed by atoms with Crippen molar-refractivity contribution >= 4 is 11.6 Å². The van der Waals surface area contributed by atoms with Gasteiger partial charge >= 0.3 is 0 Å². The molecule has 0 saturated carbocycles. The Labute approximate surface area is 120 Å². The third-order valence-electron chi connectivity index (χ3n) is 2.87. The van der Waals surface area contributed by atoms with Crippen LogP contribution < -0.4 is 10.2 Å². The van der Waals surface area contributed by atoms with Gasteiger partial charge < -0.3 is 14.6 Å². The van der Waals surface area contributed by atoms with Crippen molar-refractivity contribution in [2.45, 2.75) is 39.8 Å². The molecule has 0 aromatic carbocycles. The van der Waals surface area contributed by atoms with E-state index in [0.29, 0.717) is 0 Å². The maximum atomic E-state index is 5.41. The van der Waals surface area contributed by atoms with Crippen LogP contribution >= 0.6 is 0 Å². The molecule has 108 valence electrons. The number of aromatic nitrogens is 1. The maximum Gasteiger partial charge on any atom is 0.131 e. The monoisotopic (exact) mass is 273 g/mol. The second-order valence-corrected chi connectivity index (χ2v) is 5.85. The lowest BCUT2D eigenvalue weighted by Crippen LogP contribution is -2.28. The Morgan fingerprint density at radius 2 is 2.00 bits per heavy atom. The highest BCUT2D eigenvalue weighted by Gasteiger charge is 2.12. The Hall–Kier alpha value is -1.97. The molecular weight excluding hydrogens is 250 g/mol. The molecule has 0 aliphatic carbocycles. The molecule has 2 rings (SSSR count). The van der Waals surface area contributed by atoms with Gasteiger partial charge in [-0.05, 0) is 52.0 Å². The van der Waals surface area contributed by atoms with Crippen molar-refractivity contribution in [2.24, 2.45) is 0 Å². The van der Waals surface area contributed by atoms with E-state index >= 15 is 0 Å². The predicted molar refractivity (Wildman–Crippen MR) is 83.0 cm³/mol. The van der Waals surface area contributed by atoms with Gasteiger partial charge in [-0.15, -0.1) is 0 Å². The number of hydrogen-bond acceptors (Lipinski definition) is 4. The number of furan rings is 1. The number of hydrogen-bond donors (Lipinski definition) is 1. The summed E-state index contributed by atoms with van der Waals surface area (Å²) in [6, 6.07) is 9.95. The van der Waals surface area contributed by atoms with Crippen LogP contribution in [0.2, 0.25) is 0 Å². The molecule has 0 saturated heterocycles. The summed E-state index contributed by atoms with van der Waals surface area (Å²) in [6.07, 6.45) is 1.70. The summed E-state index contributed by atoms with van der Waals surface area (Å²) in [5.41, 5.74) is 0.00365. The lowest BCUT2D eigenvalue weighted by atomic mass is 10.1. The van der Waals surface area contributed by atoms with Crippen LogP contribution in [0, 0.1) is 0 Å². The molecule has 4 nitrogen and oxygen atoms in total. The normalized spacial score (nSPS) is 11.4. The van der Waals surface area contributed by atoms with Crippen LogP contribution in [0.3, 0.4) is 0 Å². The van der Waals surface area contributed by atoms with E-state index < -0.39 is 0 Å². The molecule has 0 unspecified atom stereocenters. The molecular formula is C16H23N3O. The molecule has 2 aromatic rings. The van der Waals surface area contributed by atoms with Crippen LogP contribution in [0.15, 0.2) is 41.0 Å². The largest absolute Gasteiger partial charge is 0.467 e. The second-order valence-electron chi connectivity index (χ2n) is 5.85. The van der Waals surface area contributed by atoms with E-state index in [1.54, 1.807) is 6.26 Å². The van der Waals surface area contributed by atoms with Crippen molar-refractivity contribution in [3.05, 3.63) is 42.4 Å². The lowest BCUT2D eigenvalue weighted by molar-refractivity contribution is 0.503. The average molecular weight is 273 g/mol. The minimum absolute atomic E-state index is 0.00365. The summed E-state index contributed by atoms with van der Waals surface area (Å²) in [5, 5.41) is 3.40. The minimum Gasteiger partial charge on any atom is -0.467 e. The van der Waals surface area contributed by atoms with E-state index in [1.807, 2.05) is 30.3 Å². The number of pyridine rings is 1. The van der Waals surface area contributed by atoms with Crippen LogP contribution in [-0.4, -0.2) is 17.1 Å². The van der Waals surface area contributed by atoms with E-state index in [9.17, 15) is 0 Å². The first-order valence-corrected chi connectivity index (χ1v) is 7.00. The Morgan fingerprint density at radius 3 is 2.60 bits per heavy atom. The van der Waals surface area contributed by atoms with Gasteiger partial charge in [-0.2, -0.15) is 0 Å². The first kappa shape index (κ1) is 14.4. The number of nitrogens with zero attached hydrogens (tertiary/aromatic N) is 2. The molecule has 1 N–H and O–H groups in total. The second kappa shape index (κ2) is 5.99. The highest BCUT2D eigenvalue weighted by atomic mass is 16.3. The van der Waals surface area contributed by atoms with E-state index in [4.69, 9.17) is 4.42 Å². The summed E-state index contributed by atoms with van der Waals surface area (Å²) in [6.45, 7) is 10.1. The van der Waals surface area contributed by atoms with Crippen LogP contribution in [0.25, 0.3) is 0 Å². The van der Waals surface area contributed by atoms with Crippen LogP contribution in [0.1, 0.15) is 33.5 Å². The molecule has 20 heavy (non-hydrogen) atoms. The third kappa shape index (κ3) is 4.02. The molecule has 4 heteroatoms. The molecule has 0 aliphatic rings. The standard InChI is InChI=1S/C16H23N3O/c1-5-19(12-13-8-7-11-20-13)15-10-6-9-14(17-15)18-16(2,3)4/h6-11H,5,12H2,1-4H3,(H,17,18). The first-order valence-electron chi connectivity index (χ1n) is 7.00. The van der Waals surface area contributed by atoms with Gasteiger partial charge in [0.15, 0.2) is 0 Å². The molecule has 0 radical (unpaired) electrons. The zero-order valence-corrected chi connectivity index (χ0v) is 12.7. The Kier molecular flexibility index (Phi) is 4.32. The highest BCUT2D eigenvalue weighted by molar-refractivity contribution is 5.48. The fourth-order valence-corrected chi connectivity index (χ4v) is 2.00. The summed E-state index contributed by atoms with van der Waals surface area (Å²) in [4.78, 5) is 6.87. The maximum absolute atomic E-state index is 5.41. The van der Waals surface area contributed by atoms with Crippen molar-refractivity contribution in [1.82, 2.24) is 4.98 Å². The first-order chi connectivity index (χ1) is 9.48. The molecule has 0 fully saturated rings. The number of anilines is 2. The molecule has 2 aromatic heterocycles. The number of nitrogens with one attached hydrogen (secondary N) is 1. The molecule has 0 bridgehead atoms. The van der Waals surface area contributed by atoms with Crippen molar-refractivity contribution in [3.63, 3.8) is 0 Å². The van der Waals surface area contributed by atoms with Crippen molar-refractivity contribution < 1.29 is 4.42 Å². The topological polar surface area (TPSA) is 41.3 Å². The fourth-order valence-electron chi connectivity index (χ4n) is 2.00. The van der Waals surface area contributed by atoms with Crippen molar-refractivity contribution in [1.29, 1.82) is 0 Å². The van der Waals surface area contributed by atoms with Gasteiger partial charge in [0.1, 0.15) is 17.4 Å². The molecule has 0 aliphatic heterocycles. The van der Waals surface area contributed by atoms with E-state index in [0.717, 1.165) is 30.5 Å². The summed E-state index contributed by atoms with van der Waals surface area (Å²) in [5.74, 6) is 2.80. The lowest BCUT2D eigenvalue weighted by Gasteiger charge is -2.24. The van der Waals surface area contributed by atoms with Crippen LogP contribution in [-0.2, 0) is 6.54 Å². The Morgan fingerprint density at radius 1 is 1.20 bits per heavy atom. The van der Waals surface area contributed by atoms with E-state index in [2.05, 4.69) is 42.9 Å². The van der Waals surface area contributed by atoms with Crippen LogP contribution in [0.4, 0.5) is 11.6 Å². The Balaban J connectivity index is 2.15.